The molecule has 0 amide bonds. The second-order valence-corrected chi connectivity index (χ2v) is 19.6. The highest BCUT2D eigenvalue weighted by Gasteiger charge is 2.52. The highest BCUT2D eigenvalue weighted by atomic mass is 28.4. The van der Waals surface area contributed by atoms with Gasteiger partial charge in [-0.05, 0) is 28.3 Å². The molecule has 1 fully saturated rings. The molecule has 2 aromatic rings. The van der Waals surface area contributed by atoms with Crippen LogP contribution in [0.4, 0.5) is 0 Å². The van der Waals surface area contributed by atoms with E-state index in [9.17, 15) is 5.21 Å². The molecule has 31 heavy (non-hydrogen) atoms. The second-order valence-electron chi connectivity index (χ2n) is 10.6. The van der Waals surface area contributed by atoms with E-state index < -0.39 is 16.4 Å². The van der Waals surface area contributed by atoms with Gasteiger partial charge in [0, 0.05) is 6.54 Å². The van der Waals surface area contributed by atoms with E-state index in [1.807, 2.05) is 0 Å². The van der Waals surface area contributed by atoms with E-state index in [1.165, 1.54) is 15.4 Å². The van der Waals surface area contributed by atoms with Gasteiger partial charge in [0.25, 0.3) is 8.32 Å². The van der Waals surface area contributed by atoms with Gasteiger partial charge in [0.2, 0.25) is 0 Å². The van der Waals surface area contributed by atoms with Gasteiger partial charge in [-0.1, -0.05) is 107 Å². The summed E-state index contributed by atoms with van der Waals surface area (Å²) in [4.78, 5) is 0. The van der Waals surface area contributed by atoms with Crippen molar-refractivity contribution < 1.29 is 9.63 Å². The molecule has 2 aromatic carbocycles. The first kappa shape index (κ1) is 24.0. The molecule has 0 aromatic heterocycles. The molecule has 2 atom stereocenters. The van der Waals surface area contributed by atoms with Crippen molar-refractivity contribution in [2.75, 3.05) is 6.54 Å². The van der Waals surface area contributed by atoms with Crippen molar-refractivity contribution >= 4 is 26.8 Å². The monoisotopic (exact) mass is 451 g/mol. The molecule has 5 heteroatoms. The standard InChI is InChI=1S/C26H37NO2Si2/c1-26(2,3)31(22-14-9-7-10-15-22,23-16-11-8-12-17-23)29-25-18-13-20-27(28)24(25)19-21-30(4,5)6/h7-12,14-17,24-25,28H,13,18,20H2,1-6H3/t24-,25+/m1/s1. The Hall–Kier alpha value is -1.69. The van der Waals surface area contributed by atoms with Gasteiger partial charge in [-0.15, -0.1) is 5.54 Å². The molecule has 1 saturated heterocycles. The van der Waals surface area contributed by atoms with Crippen molar-refractivity contribution in [3.63, 3.8) is 0 Å². The zero-order chi connectivity index (χ0) is 22.7. The number of nitrogens with zero attached hydrogens (tertiary/aromatic N) is 1. The van der Waals surface area contributed by atoms with Crippen LogP contribution in [0, 0.1) is 11.5 Å². The maximum Gasteiger partial charge on any atom is 0.261 e. The van der Waals surface area contributed by atoms with Gasteiger partial charge in [0.15, 0.2) is 0 Å². The van der Waals surface area contributed by atoms with E-state index >= 15 is 0 Å². The molecule has 1 N–H and O–H groups in total. The molecule has 1 aliphatic heterocycles. The van der Waals surface area contributed by atoms with Gasteiger partial charge in [-0.25, -0.2) is 0 Å². The molecule has 0 unspecified atom stereocenters. The smallest absolute Gasteiger partial charge is 0.261 e. The molecule has 0 spiro atoms. The van der Waals surface area contributed by atoms with Gasteiger partial charge < -0.3 is 9.63 Å². The summed E-state index contributed by atoms with van der Waals surface area (Å²) in [6.07, 6.45) is 1.69. The number of hydrogen-bond acceptors (Lipinski definition) is 3. The van der Waals surface area contributed by atoms with Gasteiger partial charge in [0.05, 0.1) is 6.10 Å². The zero-order valence-electron chi connectivity index (χ0n) is 19.9. The fraction of sp³-hybridized carbons (Fsp3) is 0.462. The maximum absolute atomic E-state index is 10.8. The molecule has 0 aliphatic carbocycles. The average Bonchev–Trinajstić information content (AvgIpc) is 2.71. The van der Waals surface area contributed by atoms with Crippen LogP contribution in [0.1, 0.15) is 33.6 Å². The second kappa shape index (κ2) is 9.44. The summed E-state index contributed by atoms with van der Waals surface area (Å²) in [5.74, 6) is 3.42. The first-order valence-corrected chi connectivity index (χ1v) is 16.7. The molecular formula is C26H37NO2Si2. The number of rotatable bonds is 4. The molecule has 1 heterocycles. The molecule has 0 radical (unpaired) electrons. The third kappa shape index (κ3) is 5.39. The topological polar surface area (TPSA) is 32.7 Å². The third-order valence-electron chi connectivity index (χ3n) is 5.89. The number of benzene rings is 2. The number of hydroxylamine groups is 2. The molecule has 0 bridgehead atoms. The SMILES string of the molecule is CC(C)(C)[Si](O[C@H]1CCCN(O)[C@@H]1C#C[Si](C)(C)C)(c1ccccc1)c1ccccc1. The summed E-state index contributed by atoms with van der Waals surface area (Å²) < 4.78 is 7.31. The largest absolute Gasteiger partial charge is 0.402 e. The van der Waals surface area contributed by atoms with Gasteiger partial charge in [0.1, 0.15) is 14.1 Å². The van der Waals surface area contributed by atoms with Crippen LogP contribution >= 0.6 is 0 Å². The van der Waals surface area contributed by atoms with Crippen molar-refractivity contribution in [1.82, 2.24) is 5.06 Å². The summed E-state index contributed by atoms with van der Waals surface area (Å²) in [5.41, 5.74) is 3.48. The summed E-state index contributed by atoms with van der Waals surface area (Å²) in [6.45, 7) is 14.2. The Labute approximate surface area is 190 Å². The normalized spacial score (nSPS) is 20.7. The Morgan fingerprint density at radius 2 is 1.45 bits per heavy atom. The summed E-state index contributed by atoms with van der Waals surface area (Å²) in [7, 11) is -4.24. The lowest BCUT2D eigenvalue weighted by atomic mass is 10.0. The van der Waals surface area contributed by atoms with Crippen LogP contribution < -0.4 is 10.4 Å². The van der Waals surface area contributed by atoms with Crippen LogP contribution in [-0.4, -0.2) is 45.4 Å². The molecule has 0 saturated carbocycles. The maximum atomic E-state index is 10.8. The highest BCUT2D eigenvalue weighted by molar-refractivity contribution is 6.99. The van der Waals surface area contributed by atoms with Crippen LogP contribution in [0.2, 0.25) is 24.7 Å². The summed E-state index contributed by atoms with van der Waals surface area (Å²) in [6, 6.07) is 21.1. The van der Waals surface area contributed by atoms with Crippen LogP contribution in [0.3, 0.4) is 0 Å². The van der Waals surface area contributed by atoms with Crippen LogP contribution in [0.15, 0.2) is 60.7 Å². The molecule has 166 valence electrons. The predicted molar refractivity (Wildman–Crippen MR) is 135 cm³/mol. The van der Waals surface area contributed by atoms with Crippen LogP contribution in [0.25, 0.3) is 0 Å². The van der Waals surface area contributed by atoms with Crippen molar-refractivity contribution in [1.29, 1.82) is 0 Å². The summed E-state index contributed by atoms with van der Waals surface area (Å²) in [5, 5.41) is 14.6. The minimum absolute atomic E-state index is 0.0931. The van der Waals surface area contributed by atoms with E-state index in [0.29, 0.717) is 6.54 Å². The van der Waals surface area contributed by atoms with Crippen LogP contribution in [0.5, 0.6) is 0 Å². The molecule has 3 nitrogen and oxygen atoms in total. The van der Waals surface area contributed by atoms with Gasteiger partial charge in [-0.3, -0.25) is 0 Å². The third-order valence-corrected chi connectivity index (χ3v) is 11.8. The Balaban J connectivity index is 2.14. The van der Waals surface area contributed by atoms with E-state index in [1.54, 1.807) is 0 Å². The highest BCUT2D eigenvalue weighted by Crippen LogP contribution is 2.39. The molecule has 3 rings (SSSR count). The van der Waals surface area contributed by atoms with Gasteiger partial charge >= 0.3 is 0 Å². The van der Waals surface area contributed by atoms with Crippen LogP contribution in [-0.2, 0) is 4.43 Å². The Bertz CT molecular complexity index is 868. The lowest BCUT2D eigenvalue weighted by Crippen LogP contribution is -2.69. The molecule has 1 aliphatic rings. The number of piperidine rings is 1. The quantitative estimate of drug-likeness (QED) is 0.542. The minimum Gasteiger partial charge on any atom is -0.402 e. The van der Waals surface area contributed by atoms with Crippen molar-refractivity contribution in [3.8, 4) is 11.5 Å². The van der Waals surface area contributed by atoms with E-state index in [2.05, 4.69) is 113 Å². The van der Waals surface area contributed by atoms with E-state index in [-0.39, 0.29) is 17.2 Å². The van der Waals surface area contributed by atoms with E-state index in [4.69, 9.17) is 4.43 Å². The Morgan fingerprint density at radius 1 is 0.935 bits per heavy atom. The average molecular weight is 452 g/mol. The van der Waals surface area contributed by atoms with E-state index in [0.717, 1.165) is 12.8 Å². The zero-order valence-corrected chi connectivity index (χ0v) is 21.9. The Morgan fingerprint density at radius 3 is 1.90 bits per heavy atom. The lowest BCUT2D eigenvalue weighted by molar-refractivity contribution is -0.152. The fourth-order valence-electron chi connectivity index (χ4n) is 4.44. The summed E-state index contributed by atoms with van der Waals surface area (Å²) >= 11 is 0. The molecular weight excluding hydrogens is 414 g/mol. The Kier molecular flexibility index (Phi) is 7.29. The van der Waals surface area contributed by atoms with Crippen molar-refractivity contribution in [3.05, 3.63) is 60.7 Å². The van der Waals surface area contributed by atoms with Gasteiger partial charge in [-0.2, -0.15) is 5.06 Å². The first-order chi connectivity index (χ1) is 14.5. The predicted octanol–water partition coefficient (Wildman–Crippen LogP) is 4.67. The van der Waals surface area contributed by atoms with Crippen molar-refractivity contribution in [2.45, 2.75) is 70.4 Å². The number of hydrogen-bond donors (Lipinski definition) is 1. The van der Waals surface area contributed by atoms with Crippen molar-refractivity contribution in [2.24, 2.45) is 0 Å². The minimum atomic E-state index is -2.68. The lowest BCUT2D eigenvalue weighted by Gasteiger charge is -2.47. The first-order valence-electron chi connectivity index (χ1n) is 11.3. The fourth-order valence-corrected chi connectivity index (χ4v) is 9.74.